The topological polar surface area (TPSA) is 150 Å². The highest BCUT2D eigenvalue weighted by Crippen LogP contribution is 2.21. The van der Waals surface area contributed by atoms with E-state index in [1.54, 1.807) is 13.8 Å². The fourth-order valence-electron chi connectivity index (χ4n) is 4.84. The lowest BCUT2D eigenvalue weighted by molar-refractivity contribution is -0.132. The van der Waals surface area contributed by atoms with Crippen LogP contribution in [0.25, 0.3) is 10.9 Å². The van der Waals surface area contributed by atoms with Crippen LogP contribution in [0.2, 0.25) is 0 Å². The van der Waals surface area contributed by atoms with Gasteiger partial charge in [0.1, 0.15) is 12.6 Å². The van der Waals surface area contributed by atoms with Crippen molar-refractivity contribution in [3.8, 4) is 0 Å². The summed E-state index contributed by atoms with van der Waals surface area (Å²) in [6.07, 6.45) is 2.45. The van der Waals surface area contributed by atoms with Crippen LogP contribution in [0.3, 0.4) is 0 Å². The number of carbonyl (C=O) groups is 4. The second-order valence-corrected chi connectivity index (χ2v) is 10.3. The molecule has 2 aromatic carbocycles. The third-order valence-electron chi connectivity index (χ3n) is 6.89. The molecule has 1 aliphatic heterocycles. The summed E-state index contributed by atoms with van der Waals surface area (Å²) in [4.78, 5) is 55.7. The van der Waals surface area contributed by atoms with Crippen molar-refractivity contribution in [3.05, 3.63) is 83.2 Å². The molecule has 0 radical (unpaired) electrons. The van der Waals surface area contributed by atoms with Gasteiger partial charge in [-0.1, -0.05) is 61.9 Å². The number of nitrogens with one attached hydrogen (secondary N) is 3. The van der Waals surface area contributed by atoms with Crippen molar-refractivity contribution in [2.75, 3.05) is 6.54 Å². The molecule has 3 heterocycles. The Kier molecular flexibility index (Phi) is 7.45. The average Bonchev–Trinajstić information content (AvgIpc) is 3.62. The molecular weight excluding hydrogens is 512 g/mol. The van der Waals surface area contributed by atoms with E-state index in [0.717, 1.165) is 32.5 Å². The normalized spacial score (nSPS) is 16.0. The van der Waals surface area contributed by atoms with Gasteiger partial charge in [-0.3, -0.25) is 19.3 Å². The molecule has 4 amide bonds. The summed E-state index contributed by atoms with van der Waals surface area (Å²) in [7, 11) is 0. The third-order valence-corrected chi connectivity index (χ3v) is 6.89. The van der Waals surface area contributed by atoms with Gasteiger partial charge in [0.2, 0.25) is 17.6 Å². The maximum atomic E-state index is 13.2. The summed E-state index contributed by atoms with van der Waals surface area (Å²) < 4.78 is 5.61. The molecule has 2 aromatic heterocycles. The molecule has 0 saturated carbocycles. The molecule has 206 valence electrons. The van der Waals surface area contributed by atoms with Crippen LogP contribution in [0.5, 0.6) is 0 Å². The van der Waals surface area contributed by atoms with E-state index in [1.165, 1.54) is 0 Å². The molecule has 1 saturated heterocycles. The van der Waals surface area contributed by atoms with Gasteiger partial charge in [-0.05, 0) is 30.0 Å². The number of aryl methyl sites for hydroxylation is 1. The third kappa shape index (κ3) is 5.63. The van der Waals surface area contributed by atoms with Crippen LogP contribution in [0.15, 0.2) is 59.1 Å². The summed E-state index contributed by atoms with van der Waals surface area (Å²) >= 11 is 0. The molecule has 3 N–H and O–H groups in total. The van der Waals surface area contributed by atoms with E-state index in [-0.39, 0.29) is 24.1 Å². The maximum Gasteiger partial charge on any atom is 0.325 e. The fourth-order valence-corrected chi connectivity index (χ4v) is 4.84. The van der Waals surface area contributed by atoms with Crippen molar-refractivity contribution in [1.82, 2.24) is 30.7 Å². The highest BCUT2D eigenvalue weighted by molar-refractivity contribution is 6.07. The Morgan fingerprint density at radius 2 is 1.90 bits per heavy atom. The van der Waals surface area contributed by atoms with E-state index < -0.39 is 42.3 Å². The zero-order chi connectivity index (χ0) is 28.4. The first-order valence-electron chi connectivity index (χ1n) is 13.1. The summed E-state index contributed by atoms with van der Waals surface area (Å²) in [5.41, 5.74) is 3.86. The molecule has 4 aromatic rings. The minimum atomic E-state index is -0.984. The number of benzene rings is 2. The Bertz CT molecular complexity index is 1590. The van der Waals surface area contributed by atoms with Gasteiger partial charge in [0, 0.05) is 23.5 Å². The Morgan fingerprint density at radius 1 is 1.10 bits per heavy atom. The van der Waals surface area contributed by atoms with Crippen molar-refractivity contribution in [2.24, 2.45) is 5.92 Å². The van der Waals surface area contributed by atoms with Gasteiger partial charge < -0.3 is 20.0 Å². The number of rotatable bonds is 10. The van der Waals surface area contributed by atoms with Crippen LogP contribution in [-0.2, 0) is 22.4 Å². The molecule has 1 aliphatic rings. The molecule has 11 nitrogen and oxygen atoms in total. The molecule has 0 spiro atoms. The lowest BCUT2D eigenvalue weighted by Crippen LogP contribution is -2.49. The van der Waals surface area contributed by atoms with E-state index in [4.69, 9.17) is 4.42 Å². The van der Waals surface area contributed by atoms with Crippen LogP contribution in [-0.4, -0.2) is 62.3 Å². The zero-order valence-electron chi connectivity index (χ0n) is 22.4. The number of hydrogen-bond donors (Lipinski definition) is 3. The summed E-state index contributed by atoms with van der Waals surface area (Å²) in [5.74, 6) is -1.95. The van der Waals surface area contributed by atoms with E-state index in [0.29, 0.717) is 6.42 Å². The van der Waals surface area contributed by atoms with Crippen molar-refractivity contribution in [1.29, 1.82) is 0 Å². The zero-order valence-corrected chi connectivity index (χ0v) is 22.4. The van der Waals surface area contributed by atoms with Gasteiger partial charge in [0.25, 0.3) is 11.8 Å². The van der Waals surface area contributed by atoms with Gasteiger partial charge in [0.05, 0.1) is 12.5 Å². The van der Waals surface area contributed by atoms with Crippen molar-refractivity contribution >= 4 is 34.5 Å². The molecule has 1 fully saturated rings. The lowest BCUT2D eigenvalue weighted by Gasteiger charge is -2.21. The number of H-pyrrole nitrogens is 1. The number of urea groups is 1. The Hall–Kier alpha value is -4.80. The van der Waals surface area contributed by atoms with Gasteiger partial charge in [-0.15, -0.1) is 10.2 Å². The first kappa shape index (κ1) is 26.8. The summed E-state index contributed by atoms with van der Waals surface area (Å²) in [5, 5.41) is 14.1. The highest BCUT2D eigenvalue weighted by Gasteiger charge is 2.40. The summed E-state index contributed by atoms with van der Waals surface area (Å²) in [6.45, 7) is 4.98. The van der Waals surface area contributed by atoms with Gasteiger partial charge in [-0.25, -0.2) is 4.79 Å². The van der Waals surface area contributed by atoms with E-state index >= 15 is 0 Å². The Morgan fingerprint density at radius 3 is 2.67 bits per heavy atom. The molecule has 5 rings (SSSR count). The monoisotopic (exact) mass is 542 g/mol. The molecule has 0 unspecified atom stereocenters. The predicted molar refractivity (Wildman–Crippen MR) is 145 cm³/mol. The van der Waals surface area contributed by atoms with Crippen molar-refractivity contribution < 1.29 is 23.6 Å². The van der Waals surface area contributed by atoms with Gasteiger partial charge in [-0.2, -0.15) is 0 Å². The second kappa shape index (κ2) is 11.1. The first-order chi connectivity index (χ1) is 19.2. The van der Waals surface area contributed by atoms with Crippen molar-refractivity contribution in [2.45, 2.75) is 45.7 Å². The number of hydrogen-bond acceptors (Lipinski definition) is 7. The molecule has 0 aliphatic carbocycles. The van der Waals surface area contributed by atoms with Crippen LogP contribution < -0.4 is 10.6 Å². The molecule has 2 atom stereocenters. The van der Waals surface area contributed by atoms with Crippen LogP contribution in [0, 0.1) is 12.8 Å². The number of amides is 4. The molecule has 40 heavy (non-hydrogen) atoms. The van der Waals surface area contributed by atoms with E-state index in [2.05, 4.69) is 25.8 Å². The number of Topliss-reactive ketones (excluding diaryl/α,β-unsaturated/α-hetero) is 1. The number of fused-ring (bicyclic) bond motifs is 1. The van der Waals surface area contributed by atoms with Crippen LogP contribution in [0.1, 0.15) is 47.1 Å². The summed E-state index contributed by atoms with van der Waals surface area (Å²) in [6, 6.07) is 13.0. The molecule has 0 bridgehead atoms. The minimum absolute atomic E-state index is 0.213. The number of nitrogens with zero attached hydrogens (tertiary/aromatic N) is 3. The average molecular weight is 543 g/mol. The second-order valence-electron chi connectivity index (χ2n) is 10.3. The number of para-hydroxylation sites is 1. The number of aromatic nitrogens is 3. The number of imide groups is 1. The Balaban J connectivity index is 1.21. The van der Waals surface area contributed by atoms with Crippen LogP contribution >= 0.6 is 0 Å². The van der Waals surface area contributed by atoms with E-state index in [1.807, 2.05) is 61.7 Å². The van der Waals surface area contributed by atoms with Crippen molar-refractivity contribution in [3.63, 3.8) is 0 Å². The number of ketones is 1. The van der Waals surface area contributed by atoms with Gasteiger partial charge in [0.15, 0.2) is 0 Å². The molecule has 11 heteroatoms. The van der Waals surface area contributed by atoms with Crippen LogP contribution in [0.4, 0.5) is 4.79 Å². The van der Waals surface area contributed by atoms with E-state index in [9.17, 15) is 19.2 Å². The maximum absolute atomic E-state index is 13.2. The first-order valence-corrected chi connectivity index (χ1v) is 13.1. The van der Waals surface area contributed by atoms with Gasteiger partial charge >= 0.3 is 6.03 Å². The lowest BCUT2D eigenvalue weighted by atomic mass is 9.99. The SMILES string of the molecule is Cc1cccc(Cc2nnc(C(=O)[C@@H](NC(=O)CN3C(=O)N[C@H](Cc4c[nH]c5ccccc45)C3=O)C(C)C)o2)c1. The minimum Gasteiger partial charge on any atom is -0.418 e. The number of aromatic amines is 1. The smallest absolute Gasteiger partial charge is 0.325 e. The largest absolute Gasteiger partial charge is 0.418 e. The quantitative estimate of drug-likeness (QED) is 0.206. The standard InChI is InChI=1S/C29H30N6O5/c1-16(2)25(26(37)27-34-33-24(40-27)12-18-8-6-7-17(3)11-18)32-23(36)15-35-28(38)22(31-29(35)39)13-19-14-30-21-10-5-4-9-20(19)21/h4-11,14,16,22,25,30H,12-13,15H2,1-3H3,(H,31,39)(H,32,36)/t22-,25+/m1/s1. The fraction of sp³-hybridized carbons (Fsp3) is 0.310. The number of carbonyl (C=O) groups excluding carboxylic acids is 4. The highest BCUT2D eigenvalue weighted by atomic mass is 16.4. The predicted octanol–water partition coefficient (Wildman–Crippen LogP) is 2.94. The Labute approximate surface area is 230 Å². The molecular formula is C29H30N6O5.